The van der Waals surface area contributed by atoms with E-state index in [4.69, 9.17) is 0 Å². The zero-order valence-electron chi connectivity index (χ0n) is 18.8. The van der Waals surface area contributed by atoms with Gasteiger partial charge in [0, 0.05) is 12.6 Å². The minimum Gasteiger partial charge on any atom is -0.352 e. The number of hydrogen-bond donors (Lipinski definition) is 1. The number of benzene rings is 2. The van der Waals surface area contributed by atoms with Crippen molar-refractivity contribution in [2.75, 3.05) is 0 Å². The van der Waals surface area contributed by atoms with Crippen LogP contribution in [0.2, 0.25) is 0 Å². The number of halogens is 1. The summed E-state index contributed by atoms with van der Waals surface area (Å²) >= 11 is 0. The van der Waals surface area contributed by atoms with Gasteiger partial charge >= 0.3 is 0 Å². The largest absolute Gasteiger partial charge is 0.352 e. The van der Waals surface area contributed by atoms with Crippen molar-refractivity contribution >= 4 is 11.8 Å². The third kappa shape index (κ3) is 6.39. The summed E-state index contributed by atoms with van der Waals surface area (Å²) in [5, 5.41) is 3.15. The molecule has 1 N–H and O–H groups in total. The summed E-state index contributed by atoms with van der Waals surface area (Å²) in [5.74, 6) is -0.504. The lowest BCUT2D eigenvalue weighted by Crippen LogP contribution is -2.51. The molecule has 2 aromatic rings. The molecule has 0 aliphatic heterocycles. The third-order valence-corrected chi connectivity index (χ3v) is 5.99. The predicted molar refractivity (Wildman–Crippen MR) is 121 cm³/mol. The molecule has 5 heteroatoms. The maximum Gasteiger partial charge on any atom is 0.243 e. The van der Waals surface area contributed by atoms with Crippen molar-refractivity contribution in [1.29, 1.82) is 0 Å². The standard InChI is InChI=1S/C26H33FN2O2/c1-4-24(26(31)28-23-7-5-6-8-23)29(17-20-9-11-22(27)12-10-20)25(30)16-21-14-18(2)13-19(3)15-21/h9-15,23-24H,4-8,16-17H2,1-3H3,(H,28,31)/t24-/m1/s1. The first-order valence-electron chi connectivity index (χ1n) is 11.3. The Kier molecular flexibility index (Phi) is 7.83. The van der Waals surface area contributed by atoms with Crippen molar-refractivity contribution in [3.05, 3.63) is 70.5 Å². The fraction of sp³-hybridized carbons (Fsp3) is 0.462. The number of rotatable bonds is 8. The van der Waals surface area contributed by atoms with E-state index in [2.05, 4.69) is 11.4 Å². The maximum atomic E-state index is 13.4. The fourth-order valence-electron chi connectivity index (χ4n) is 4.52. The van der Waals surface area contributed by atoms with Crippen LogP contribution in [0.3, 0.4) is 0 Å². The summed E-state index contributed by atoms with van der Waals surface area (Å²) in [4.78, 5) is 28.2. The molecule has 0 unspecified atom stereocenters. The van der Waals surface area contributed by atoms with Gasteiger partial charge in [0.1, 0.15) is 11.9 Å². The first kappa shape index (κ1) is 23.0. The molecule has 2 aromatic carbocycles. The van der Waals surface area contributed by atoms with Crippen molar-refractivity contribution in [3.8, 4) is 0 Å². The van der Waals surface area contributed by atoms with Crippen LogP contribution in [0.15, 0.2) is 42.5 Å². The van der Waals surface area contributed by atoms with E-state index < -0.39 is 6.04 Å². The van der Waals surface area contributed by atoms with Gasteiger partial charge in [0.25, 0.3) is 0 Å². The number of hydrogen-bond acceptors (Lipinski definition) is 2. The van der Waals surface area contributed by atoms with Crippen molar-refractivity contribution in [3.63, 3.8) is 0 Å². The highest BCUT2D eigenvalue weighted by atomic mass is 19.1. The molecule has 0 aromatic heterocycles. The Morgan fingerprint density at radius 1 is 1.03 bits per heavy atom. The van der Waals surface area contributed by atoms with Gasteiger partial charge in [-0.2, -0.15) is 0 Å². The molecule has 1 saturated carbocycles. The van der Waals surface area contributed by atoms with Crippen molar-refractivity contribution in [2.24, 2.45) is 0 Å². The van der Waals surface area contributed by atoms with Gasteiger partial charge in [-0.3, -0.25) is 9.59 Å². The molecule has 1 aliphatic rings. The van der Waals surface area contributed by atoms with E-state index in [-0.39, 0.29) is 36.6 Å². The summed E-state index contributed by atoms with van der Waals surface area (Å²) in [6.07, 6.45) is 5.02. The Morgan fingerprint density at radius 2 is 1.65 bits per heavy atom. The summed E-state index contributed by atoms with van der Waals surface area (Å²) < 4.78 is 13.4. The van der Waals surface area contributed by atoms with E-state index in [1.807, 2.05) is 32.9 Å². The fourth-order valence-corrected chi connectivity index (χ4v) is 4.52. The molecule has 0 bridgehead atoms. The zero-order chi connectivity index (χ0) is 22.4. The minimum absolute atomic E-state index is 0.0923. The highest BCUT2D eigenvalue weighted by Gasteiger charge is 2.30. The Labute approximate surface area is 184 Å². The smallest absolute Gasteiger partial charge is 0.243 e. The van der Waals surface area contributed by atoms with Crippen LogP contribution in [-0.2, 0) is 22.6 Å². The molecule has 1 fully saturated rings. The third-order valence-electron chi connectivity index (χ3n) is 5.99. The molecule has 3 rings (SSSR count). The van der Waals surface area contributed by atoms with Gasteiger partial charge in [-0.25, -0.2) is 4.39 Å². The second kappa shape index (κ2) is 10.6. The van der Waals surface area contributed by atoms with Crippen LogP contribution in [-0.4, -0.2) is 28.8 Å². The van der Waals surface area contributed by atoms with E-state index in [0.29, 0.717) is 6.42 Å². The first-order valence-corrected chi connectivity index (χ1v) is 11.3. The average Bonchev–Trinajstić information content (AvgIpc) is 3.21. The van der Waals surface area contributed by atoms with Crippen LogP contribution in [0.25, 0.3) is 0 Å². The second-order valence-corrected chi connectivity index (χ2v) is 8.73. The van der Waals surface area contributed by atoms with E-state index in [1.165, 1.54) is 12.1 Å². The van der Waals surface area contributed by atoms with Gasteiger partial charge in [-0.1, -0.05) is 61.2 Å². The quantitative estimate of drug-likeness (QED) is 0.658. The Hall–Kier alpha value is -2.69. The van der Waals surface area contributed by atoms with Crippen LogP contribution in [0.4, 0.5) is 4.39 Å². The molecular formula is C26H33FN2O2. The molecule has 1 aliphatic carbocycles. The highest BCUT2D eigenvalue weighted by molar-refractivity contribution is 5.88. The van der Waals surface area contributed by atoms with Crippen LogP contribution in [0.1, 0.15) is 61.3 Å². The SMILES string of the molecule is CC[C@H](C(=O)NC1CCCC1)N(Cc1ccc(F)cc1)C(=O)Cc1cc(C)cc(C)c1. The average molecular weight is 425 g/mol. The second-order valence-electron chi connectivity index (χ2n) is 8.73. The lowest BCUT2D eigenvalue weighted by Gasteiger charge is -2.31. The molecule has 0 radical (unpaired) electrons. The van der Waals surface area contributed by atoms with Crippen molar-refractivity contribution < 1.29 is 14.0 Å². The topological polar surface area (TPSA) is 49.4 Å². The lowest BCUT2D eigenvalue weighted by atomic mass is 10.0. The Balaban J connectivity index is 1.83. The minimum atomic E-state index is -0.552. The predicted octanol–water partition coefficient (Wildman–Crippen LogP) is 4.85. The van der Waals surface area contributed by atoms with E-state index in [1.54, 1.807) is 17.0 Å². The molecule has 31 heavy (non-hydrogen) atoms. The van der Waals surface area contributed by atoms with Gasteiger partial charge in [0.15, 0.2) is 0 Å². The van der Waals surface area contributed by atoms with Crippen LogP contribution < -0.4 is 5.32 Å². The number of carbonyl (C=O) groups excluding carboxylic acids is 2. The van der Waals surface area contributed by atoms with Gasteiger partial charge in [-0.15, -0.1) is 0 Å². The molecule has 166 valence electrons. The van der Waals surface area contributed by atoms with Gasteiger partial charge in [0.05, 0.1) is 6.42 Å². The van der Waals surface area contributed by atoms with Crippen LogP contribution >= 0.6 is 0 Å². The van der Waals surface area contributed by atoms with Gasteiger partial charge in [0.2, 0.25) is 11.8 Å². The Morgan fingerprint density at radius 3 is 2.23 bits per heavy atom. The molecule has 1 atom stereocenters. The van der Waals surface area contributed by atoms with E-state index in [0.717, 1.165) is 47.9 Å². The monoisotopic (exact) mass is 424 g/mol. The molecule has 2 amide bonds. The number of nitrogens with one attached hydrogen (secondary N) is 1. The summed E-state index contributed by atoms with van der Waals surface area (Å²) in [6.45, 7) is 6.24. The van der Waals surface area contributed by atoms with Gasteiger partial charge in [-0.05, 0) is 56.4 Å². The molecular weight excluding hydrogens is 391 g/mol. The van der Waals surface area contributed by atoms with Crippen molar-refractivity contribution in [1.82, 2.24) is 10.2 Å². The Bertz CT molecular complexity index is 884. The molecule has 0 spiro atoms. The summed E-state index contributed by atoms with van der Waals surface area (Å²) in [7, 11) is 0. The number of aryl methyl sites for hydroxylation is 2. The van der Waals surface area contributed by atoms with Crippen LogP contribution in [0, 0.1) is 19.7 Å². The summed E-state index contributed by atoms with van der Waals surface area (Å²) in [5.41, 5.74) is 3.97. The highest BCUT2D eigenvalue weighted by Crippen LogP contribution is 2.20. The molecule has 4 nitrogen and oxygen atoms in total. The summed E-state index contributed by atoms with van der Waals surface area (Å²) in [6, 6.07) is 11.9. The number of amides is 2. The number of nitrogens with zero attached hydrogens (tertiary/aromatic N) is 1. The van der Waals surface area contributed by atoms with E-state index >= 15 is 0 Å². The molecule has 0 heterocycles. The normalized spacial score (nSPS) is 15.0. The zero-order valence-corrected chi connectivity index (χ0v) is 18.8. The van der Waals surface area contributed by atoms with Gasteiger partial charge < -0.3 is 10.2 Å². The van der Waals surface area contributed by atoms with Crippen molar-refractivity contribution in [2.45, 2.75) is 77.9 Å². The molecule has 0 saturated heterocycles. The lowest BCUT2D eigenvalue weighted by molar-refractivity contribution is -0.141. The van der Waals surface area contributed by atoms with Crippen LogP contribution in [0.5, 0.6) is 0 Å². The maximum absolute atomic E-state index is 13.4. The van der Waals surface area contributed by atoms with E-state index in [9.17, 15) is 14.0 Å². The first-order chi connectivity index (χ1) is 14.9. The number of carbonyl (C=O) groups is 2.